The molecular weight excluding hydrogens is 274 g/mol. The molecule has 1 rings (SSSR count). The maximum atomic E-state index is 11.7. The number of ether oxygens (including phenoxy) is 4. The largest absolute Gasteiger partial charge is 0.493 e. The first kappa shape index (κ1) is 17.1. The average molecular weight is 297 g/mol. The Hall–Kier alpha value is -1.95. The molecule has 0 aromatic heterocycles. The first-order valence-electron chi connectivity index (χ1n) is 6.85. The zero-order chi connectivity index (χ0) is 15.7. The molecular formula is C15H23NO5. The number of carbonyl (C=O) groups is 1. The Morgan fingerprint density at radius 3 is 2.33 bits per heavy atom. The standard InChI is InChI=1S/C15H23NO5/c1-5-20-15(17)11(16-2)9-10-21-14-12(18-3)7-6-8-13(14)19-4/h6-8,11,16H,5,9-10H2,1-4H3. The minimum atomic E-state index is -0.398. The summed E-state index contributed by atoms with van der Waals surface area (Å²) in [5.41, 5.74) is 0. The number of carbonyl (C=O) groups excluding carboxylic acids is 1. The maximum absolute atomic E-state index is 11.7. The van der Waals surface area contributed by atoms with Crippen molar-refractivity contribution in [1.29, 1.82) is 0 Å². The van der Waals surface area contributed by atoms with Crippen LogP contribution in [0.15, 0.2) is 18.2 Å². The highest BCUT2D eigenvalue weighted by atomic mass is 16.5. The van der Waals surface area contributed by atoms with Crippen LogP contribution in [0.2, 0.25) is 0 Å². The van der Waals surface area contributed by atoms with Crippen LogP contribution in [0.4, 0.5) is 0 Å². The molecule has 0 bridgehead atoms. The van der Waals surface area contributed by atoms with E-state index in [4.69, 9.17) is 18.9 Å². The van der Waals surface area contributed by atoms with Crippen LogP contribution in [0.1, 0.15) is 13.3 Å². The van der Waals surface area contributed by atoms with Crippen molar-refractivity contribution in [3.05, 3.63) is 18.2 Å². The number of methoxy groups -OCH3 is 2. The molecule has 0 saturated heterocycles. The summed E-state index contributed by atoms with van der Waals surface area (Å²) in [5.74, 6) is 1.43. The molecule has 6 nitrogen and oxygen atoms in total. The minimum Gasteiger partial charge on any atom is -0.493 e. The summed E-state index contributed by atoms with van der Waals surface area (Å²) in [5, 5.41) is 2.91. The van der Waals surface area contributed by atoms with Gasteiger partial charge in [0.05, 0.1) is 27.4 Å². The van der Waals surface area contributed by atoms with E-state index >= 15 is 0 Å². The Bertz CT molecular complexity index is 427. The normalized spacial score (nSPS) is 11.6. The second kappa shape index (κ2) is 9.07. The average Bonchev–Trinajstić information content (AvgIpc) is 2.51. The molecule has 6 heteroatoms. The maximum Gasteiger partial charge on any atom is 0.323 e. The smallest absolute Gasteiger partial charge is 0.323 e. The number of para-hydroxylation sites is 1. The molecule has 1 N–H and O–H groups in total. The van der Waals surface area contributed by atoms with E-state index in [2.05, 4.69) is 5.32 Å². The predicted molar refractivity (Wildman–Crippen MR) is 79.1 cm³/mol. The third-order valence-electron chi connectivity index (χ3n) is 2.96. The first-order valence-corrected chi connectivity index (χ1v) is 6.85. The second-order valence-electron chi connectivity index (χ2n) is 4.22. The number of likely N-dealkylation sites (N-methyl/N-ethyl adjacent to an activating group) is 1. The molecule has 0 aliphatic heterocycles. The van der Waals surface area contributed by atoms with Crippen molar-refractivity contribution in [1.82, 2.24) is 5.32 Å². The molecule has 0 aliphatic rings. The van der Waals surface area contributed by atoms with Gasteiger partial charge in [0.15, 0.2) is 11.5 Å². The molecule has 0 aliphatic carbocycles. The van der Waals surface area contributed by atoms with Crippen LogP contribution in [0, 0.1) is 0 Å². The van der Waals surface area contributed by atoms with Gasteiger partial charge in [-0.15, -0.1) is 0 Å². The number of hydrogen-bond acceptors (Lipinski definition) is 6. The highest BCUT2D eigenvalue weighted by molar-refractivity contribution is 5.75. The fourth-order valence-corrected chi connectivity index (χ4v) is 1.86. The van der Waals surface area contributed by atoms with Crippen molar-refractivity contribution in [2.24, 2.45) is 0 Å². The number of esters is 1. The summed E-state index contributed by atoms with van der Waals surface area (Å²) in [6, 6.07) is 5.00. The molecule has 0 radical (unpaired) electrons. The van der Waals surface area contributed by atoms with E-state index in [0.717, 1.165) is 0 Å². The van der Waals surface area contributed by atoms with Gasteiger partial charge in [0.25, 0.3) is 0 Å². The number of hydrogen-bond donors (Lipinski definition) is 1. The monoisotopic (exact) mass is 297 g/mol. The predicted octanol–water partition coefficient (Wildman–Crippen LogP) is 1.62. The van der Waals surface area contributed by atoms with Gasteiger partial charge < -0.3 is 24.3 Å². The summed E-state index contributed by atoms with van der Waals surface area (Å²) in [7, 11) is 4.85. The zero-order valence-corrected chi connectivity index (χ0v) is 13.0. The molecule has 0 heterocycles. The lowest BCUT2D eigenvalue weighted by Crippen LogP contribution is -2.36. The van der Waals surface area contributed by atoms with Gasteiger partial charge >= 0.3 is 5.97 Å². The van der Waals surface area contributed by atoms with Crippen LogP contribution >= 0.6 is 0 Å². The van der Waals surface area contributed by atoms with E-state index in [1.165, 1.54) is 0 Å². The van der Waals surface area contributed by atoms with E-state index in [9.17, 15) is 4.79 Å². The molecule has 0 fully saturated rings. The summed E-state index contributed by atoms with van der Waals surface area (Å²) in [4.78, 5) is 11.7. The third-order valence-corrected chi connectivity index (χ3v) is 2.96. The highest BCUT2D eigenvalue weighted by Crippen LogP contribution is 2.36. The van der Waals surface area contributed by atoms with Gasteiger partial charge in [0, 0.05) is 6.42 Å². The van der Waals surface area contributed by atoms with Gasteiger partial charge in [0.2, 0.25) is 5.75 Å². The van der Waals surface area contributed by atoms with Gasteiger partial charge in [-0.25, -0.2) is 0 Å². The summed E-state index contributed by atoms with van der Waals surface area (Å²) in [6.45, 7) is 2.47. The van der Waals surface area contributed by atoms with Crippen molar-refractivity contribution in [2.75, 3.05) is 34.5 Å². The number of nitrogens with one attached hydrogen (secondary N) is 1. The van der Waals surface area contributed by atoms with E-state index in [1.807, 2.05) is 6.07 Å². The second-order valence-corrected chi connectivity index (χ2v) is 4.22. The molecule has 0 amide bonds. The van der Waals surface area contributed by atoms with Crippen LogP contribution in [-0.4, -0.2) is 46.5 Å². The van der Waals surface area contributed by atoms with Crippen LogP contribution < -0.4 is 19.5 Å². The fraction of sp³-hybridized carbons (Fsp3) is 0.533. The lowest BCUT2D eigenvalue weighted by molar-refractivity contribution is -0.145. The zero-order valence-electron chi connectivity index (χ0n) is 13.0. The molecule has 1 aromatic rings. The Morgan fingerprint density at radius 1 is 1.24 bits per heavy atom. The summed E-state index contributed by atoms with van der Waals surface area (Å²) >= 11 is 0. The number of benzene rings is 1. The van der Waals surface area contributed by atoms with Crippen molar-refractivity contribution >= 4 is 5.97 Å². The minimum absolute atomic E-state index is 0.282. The molecule has 0 spiro atoms. The fourth-order valence-electron chi connectivity index (χ4n) is 1.86. The van der Waals surface area contributed by atoms with Crippen molar-refractivity contribution in [2.45, 2.75) is 19.4 Å². The SMILES string of the molecule is CCOC(=O)C(CCOc1c(OC)cccc1OC)NC. The van der Waals surface area contributed by atoms with Crippen molar-refractivity contribution < 1.29 is 23.7 Å². The molecule has 118 valence electrons. The Labute approximate surface area is 125 Å². The Morgan fingerprint density at radius 2 is 1.86 bits per heavy atom. The van der Waals surface area contributed by atoms with Crippen molar-refractivity contribution in [3.8, 4) is 17.2 Å². The van der Waals surface area contributed by atoms with Gasteiger partial charge in [-0.05, 0) is 26.1 Å². The van der Waals surface area contributed by atoms with Crippen LogP contribution in [0.5, 0.6) is 17.2 Å². The van der Waals surface area contributed by atoms with E-state index < -0.39 is 6.04 Å². The Balaban J connectivity index is 2.64. The van der Waals surface area contributed by atoms with Crippen LogP contribution in [-0.2, 0) is 9.53 Å². The van der Waals surface area contributed by atoms with E-state index in [1.54, 1.807) is 40.3 Å². The van der Waals surface area contributed by atoms with Crippen LogP contribution in [0.3, 0.4) is 0 Å². The molecule has 0 saturated carbocycles. The van der Waals surface area contributed by atoms with Gasteiger partial charge in [0.1, 0.15) is 6.04 Å². The lowest BCUT2D eigenvalue weighted by Gasteiger charge is -2.17. The summed E-state index contributed by atoms with van der Waals surface area (Å²) in [6.07, 6.45) is 0.483. The van der Waals surface area contributed by atoms with Gasteiger partial charge in [-0.1, -0.05) is 6.07 Å². The third kappa shape index (κ3) is 4.82. The van der Waals surface area contributed by atoms with Crippen LogP contribution in [0.25, 0.3) is 0 Å². The number of rotatable bonds is 9. The lowest BCUT2D eigenvalue weighted by atomic mass is 10.2. The van der Waals surface area contributed by atoms with E-state index in [-0.39, 0.29) is 5.97 Å². The van der Waals surface area contributed by atoms with E-state index in [0.29, 0.717) is 36.9 Å². The van der Waals surface area contributed by atoms with Gasteiger partial charge in [-0.3, -0.25) is 4.79 Å². The molecule has 21 heavy (non-hydrogen) atoms. The highest BCUT2D eigenvalue weighted by Gasteiger charge is 2.18. The van der Waals surface area contributed by atoms with Crippen molar-refractivity contribution in [3.63, 3.8) is 0 Å². The molecule has 1 unspecified atom stereocenters. The van der Waals surface area contributed by atoms with Gasteiger partial charge in [-0.2, -0.15) is 0 Å². The first-order chi connectivity index (χ1) is 10.2. The topological polar surface area (TPSA) is 66.0 Å². The molecule has 1 atom stereocenters. The molecule has 1 aromatic carbocycles. The Kier molecular flexibility index (Phi) is 7.39. The summed E-state index contributed by atoms with van der Waals surface area (Å²) < 4.78 is 21.2. The quantitative estimate of drug-likeness (QED) is 0.699.